The van der Waals surface area contributed by atoms with Gasteiger partial charge >= 0.3 is 5.97 Å². The molecule has 0 bridgehead atoms. The number of rotatable bonds is 7. The quantitative estimate of drug-likeness (QED) is 0.743. The van der Waals surface area contributed by atoms with E-state index in [-0.39, 0.29) is 18.8 Å². The standard InChI is InChI=1S/C18H16Cl2FNO3/c19-15-2-1-3-16(20)14(15)10-18(24)25-11-17(23)22-9-8-12-4-6-13(21)7-5-12/h1-7H,8-11H2,(H,22,23). The summed E-state index contributed by atoms with van der Waals surface area (Å²) in [6.07, 6.45) is 0.441. The number of carbonyl (C=O) groups is 2. The minimum absolute atomic E-state index is 0.110. The van der Waals surface area contributed by atoms with Crippen LogP contribution in [0.1, 0.15) is 11.1 Å². The third-order valence-corrected chi connectivity index (χ3v) is 4.10. The minimum atomic E-state index is -0.594. The fourth-order valence-electron chi connectivity index (χ4n) is 2.09. The van der Waals surface area contributed by atoms with Crippen LogP contribution in [0.4, 0.5) is 4.39 Å². The Bertz CT molecular complexity index is 730. The van der Waals surface area contributed by atoms with Crippen LogP contribution in [-0.4, -0.2) is 25.0 Å². The Morgan fingerprint density at radius 3 is 2.32 bits per heavy atom. The number of ether oxygens (including phenoxy) is 1. The predicted octanol–water partition coefficient (Wildman–Crippen LogP) is 3.58. The molecule has 0 aliphatic heterocycles. The van der Waals surface area contributed by atoms with E-state index >= 15 is 0 Å². The molecule has 2 rings (SSSR count). The van der Waals surface area contributed by atoms with Crippen LogP contribution in [0.15, 0.2) is 42.5 Å². The molecule has 132 valence electrons. The fraction of sp³-hybridized carbons (Fsp3) is 0.222. The summed E-state index contributed by atoms with van der Waals surface area (Å²) in [5, 5.41) is 3.36. The predicted molar refractivity (Wildman–Crippen MR) is 94.2 cm³/mol. The molecule has 0 radical (unpaired) electrons. The Morgan fingerprint density at radius 1 is 1.04 bits per heavy atom. The van der Waals surface area contributed by atoms with Crippen molar-refractivity contribution in [1.29, 1.82) is 0 Å². The van der Waals surface area contributed by atoms with Gasteiger partial charge in [0.25, 0.3) is 5.91 Å². The second-order valence-electron chi connectivity index (χ2n) is 5.26. The van der Waals surface area contributed by atoms with Crippen LogP contribution < -0.4 is 5.32 Å². The monoisotopic (exact) mass is 383 g/mol. The van der Waals surface area contributed by atoms with E-state index in [2.05, 4.69) is 5.32 Å². The molecule has 2 aromatic rings. The largest absolute Gasteiger partial charge is 0.455 e. The van der Waals surface area contributed by atoms with Crippen LogP contribution >= 0.6 is 23.2 Å². The molecule has 0 saturated heterocycles. The highest BCUT2D eigenvalue weighted by molar-refractivity contribution is 6.36. The van der Waals surface area contributed by atoms with Crippen LogP contribution in [0.5, 0.6) is 0 Å². The molecule has 0 heterocycles. The Labute approximate surface area is 154 Å². The number of amides is 1. The SMILES string of the molecule is O=C(COC(=O)Cc1c(Cl)cccc1Cl)NCCc1ccc(F)cc1. The molecule has 25 heavy (non-hydrogen) atoms. The van der Waals surface area contributed by atoms with Gasteiger partial charge in [-0.1, -0.05) is 41.4 Å². The van der Waals surface area contributed by atoms with Crippen LogP contribution in [0.25, 0.3) is 0 Å². The number of carbonyl (C=O) groups excluding carboxylic acids is 2. The summed E-state index contributed by atoms with van der Waals surface area (Å²) in [5.41, 5.74) is 1.36. The Kier molecular flexibility index (Phi) is 7.22. The minimum Gasteiger partial charge on any atom is -0.455 e. The van der Waals surface area contributed by atoms with E-state index in [1.54, 1.807) is 30.3 Å². The molecule has 0 aromatic heterocycles. The van der Waals surface area contributed by atoms with Gasteiger partial charge in [-0.15, -0.1) is 0 Å². The Hall–Kier alpha value is -2.11. The molecule has 4 nitrogen and oxygen atoms in total. The van der Waals surface area contributed by atoms with Gasteiger partial charge < -0.3 is 10.1 Å². The molecule has 1 N–H and O–H groups in total. The van der Waals surface area contributed by atoms with Gasteiger partial charge in [0.2, 0.25) is 0 Å². The van der Waals surface area contributed by atoms with Gasteiger partial charge in [-0.2, -0.15) is 0 Å². The highest BCUT2D eigenvalue weighted by Gasteiger charge is 2.13. The zero-order chi connectivity index (χ0) is 18.2. The lowest BCUT2D eigenvalue weighted by Crippen LogP contribution is -2.30. The van der Waals surface area contributed by atoms with Gasteiger partial charge in [0.15, 0.2) is 6.61 Å². The van der Waals surface area contributed by atoms with E-state index < -0.39 is 11.9 Å². The van der Waals surface area contributed by atoms with Crippen LogP contribution in [0, 0.1) is 5.82 Å². The number of hydrogen-bond acceptors (Lipinski definition) is 3. The molecule has 1 amide bonds. The summed E-state index contributed by atoms with van der Waals surface area (Å²) in [6.45, 7) is -0.0251. The van der Waals surface area contributed by atoms with Gasteiger partial charge in [-0.3, -0.25) is 9.59 Å². The number of benzene rings is 2. The third-order valence-electron chi connectivity index (χ3n) is 3.40. The van der Waals surface area contributed by atoms with E-state index in [0.29, 0.717) is 28.6 Å². The van der Waals surface area contributed by atoms with Crippen molar-refractivity contribution in [2.75, 3.05) is 13.2 Å². The molecular formula is C18H16Cl2FNO3. The smallest absolute Gasteiger partial charge is 0.310 e. The zero-order valence-corrected chi connectivity index (χ0v) is 14.7. The first-order valence-corrected chi connectivity index (χ1v) is 8.31. The van der Waals surface area contributed by atoms with E-state index in [9.17, 15) is 14.0 Å². The molecule has 7 heteroatoms. The van der Waals surface area contributed by atoms with Crippen LogP contribution in [0.2, 0.25) is 10.0 Å². The van der Waals surface area contributed by atoms with Crippen molar-refractivity contribution in [3.63, 3.8) is 0 Å². The normalized spacial score (nSPS) is 10.4. The summed E-state index contributed by atoms with van der Waals surface area (Å²) in [5.74, 6) is -1.32. The topological polar surface area (TPSA) is 55.4 Å². The van der Waals surface area contributed by atoms with Crippen molar-refractivity contribution in [2.24, 2.45) is 0 Å². The van der Waals surface area contributed by atoms with Crippen molar-refractivity contribution in [2.45, 2.75) is 12.8 Å². The highest BCUT2D eigenvalue weighted by Crippen LogP contribution is 2.24. The Morgan fingerprint density at radius 2 is 1.68 bits per heavy atom. The van der Waals surface area contributed by atoms with Crippen LogP contribution in [-0.2, 0) is 27.2 Å². The van der Waals surface area contributed by atoms with Crippen molar-refractivity contribution >= 4 is 35.1 Å². The molecular weight excluding hydrogens is 368 g/mol. The summed E-state index contributed by atoms with van der Waals surface area (Å²) in [7, 11) is 0. The van der Waals surface area contributed by atoms with Crippen molar-refractivity contribution in [3.05, 3.63) is 69.5 Å². The highest BCUT2D eigenvalue weighted by atomic mass is 35.5. The summed E-state index contributed by atoms with van der Waals surface area (Å²) in [4.78, 5) is 23.5. The van der Waals surface area contributed by atoms with E-state index in [4.69, 9.17) is 27.9 Å². The summed E-state index contributed by atoms with van der Waals surface area (Å²) in [6, 6.07) is 10.9. The lowest BCUT2D eigenvalue weighted by molar-refractivity contribution is -0.147. The molecule has 0 atom stereocenters. The number of nitrogens with one attached hydrogen (secondary N) is 1. The molecule has 0 fully saturated rings. The first-order valence-electron chi connectivity index (χ1n) is 7.55. The fourth-order valence-corrected chi connectivity index (χ4v) is 2.62. The van der Waals surface area contributed by atoms with Gasteiger partial charge in [-0.25, -0.2) is 4.39 Å². The molecule has 2 aromatic carbocycles. The van der Waals surface area contributed by atoms with Gasteiger partial charge in [0.05, 0.1) is 6.42 Å². The number of halogens is 3. The summed E-state index contributed by atoms with van der Waals surface area (Å²) >= 11 is 12.0. The van der Waals surface area contributed by atoms with Crippen molar-refractivity contribution < 1.29 is 18.7 Å². The van der Waals surface area contributed by atoms with Crippen molar-refractivity contribution in [1.82, 2.24) is 5.32 Å². The first-order chi connectivity index (χ1) is 12.0. The lowest BCUT2D eigenvalue weighted by Gasteiger charge is -2.08. The van der Waals surface area contributed by atoms with E-state index in [1.165, 1.54) is 12.1 Å². The molecule has 0 aliphatic carbocycles. The summed E-state index contributed by atoms with van der Waals surface area (Å²) < 4.78 is 17.7. The van der Waals surface area contributed by atoms with Gasteiger partial charge in [0, 0.05) is 22.2 Å². The maximum atomic E-state index is 12.8. The lowest BCUT2D eigenvalue weighted by atomic mass is 10.1. The molecule has 0 spiro atoms. The second-order valence-corrected chi connectivity index (χ2v) is 6.08. The third kappa shape index (κ3) is 6.36. The Balaban J connectivity index is 1.70. The maximum Gasteiger partial charge on any atom is 0.310 e. The second kappa shape index (κ2) is 9.39. The number of esters is 1. The average molecular weight is 384 g/mol. The molecule has 0 unspecified atom stereocenters. The van der Waals surface area contributed by atoms with Crippen molar-refractivity contribution in [3.8, 4) is 0 Å². The van der Waals surface area contributed by atoms with Gasteiger partial charge in [-0.05, 0) is 36.2 Å². The van der Waals surface area contributed by atoms with E-state index in [0.717, 1.165) is 5.56 Å². The maximum absolute atomic E-state index is 12.8. The first kappa shape index (κ1) is 19.2. The molecule has 0 aliphatic rings. The average Bonchev–Trinajstić information content (AvgIpc) is 2.58. The number of hydrogen-bond donors (Lipinski definition) is 1. The zero-order valence-electron chi connectivity index (χ0n) is 13.2. The molecule has 0 saturated carbocycles. The van der Waals surface area contributed by atoms with Crippen LogP contribution in [0.3, 0.4) is 0 Å². The van der Waals surface area contributed by atoms with E-state index in [1.807, 2.05) is 0 Å². The van der Waals surface area contributed by atoms with Gasteiger partial charge in [0.1, 0.15) is 5.82 Å².